The van der Waals surface area contributed by atoms with Crippen molar-refractivity contribution in [2.75, 3.05) is 31.1 Å². The van der Waals surface area contributed by atoms with E-state index >= 15 is 0 Å². The second-order valence-electron chi connectivity index (χ2n) is 6.79. The molecule has 0 spiro atoms. The molecule has 7 nitrogen and oxygen atoms in total. The maximum Gasteiger partial charge on any atom is 0.264 e. The van der Waals surface area contributed by atoms with Gasteiger partial charge in [-0.05, 0) is 68.8 Å². The Morgan fingerprint density at radius 2 is 1.73 bits per heavy atom. The zero-order chi connectivity index (χ0) is 22.1. The molecule has 2 rings (SSSR count). The van der Waals surface area contributed by atoms with E-state index in [4.69, 9.17) is 21.1 Å². The summed E-state index contributed by atoms with van der Waals surface area (Å²) in [5, 5.41) is 3.21. The molecule has 0 atom stereocenters. The van der Waals surface area contributed by atoms with Crippen LogP contribution in [0.5, 0.6) is 5.75 Å². The van der Waals surface area contributed by atoms with E-state index in [0.29, 0.717) is 36.0 Å². The molecule has 30 heavy (non-hydrogen) atoms. The lowest BCUT2D eigenvalue weighted by atomic mass is 10.3. The van der Waals surface area contributed by atoms with Crippen molar-refractivity contribution in [1.82, 2.24) is 5.32 Å². The van der Waals surface area contributed by atoms with Crippen molar-refractivity contribution >= 4 is 33.2 Å². The topological polar surface area (TPSA) is 84.9 Å². The predicted molar refractivity (Wildman–Crippen MR) is 118 cm³/mol. The smallest absolute Gasteiger partial charge is 0.264 e. The highest BCUT2D eigenvalue weighted by molar-refractivity contribution is 7.92. The summed E-state index contributed by atoms with van der Waals surface area (Å²) >= 11 is 5.93. The van der Waals surface area contributed by atoms with E-state index in [1.54, 1.807) is 36.4 Å². The molecule has 0 unspecified atom stereocenters. The zero-order valence-electron chi connectivity index (χ0n) is 17.3. The first-order chi connectivity index (χ1) is 14.2. The van der Waals surface area contributed by atoms with Gasteiger partial charge in [-0.2, -0.15) is 0 Å². The standard InChI is InChI=1S/C21H27ClN2O5S/c1-16(2)29-14-4-13-23-21(25)15-24(18-7-5-17(22)6-8-18)30(26,27)20-11-9-19(28-3)10-12-20/h5-12,16H,4,13-15H2,1-3H3,(H,23,25). The van der Waals surface area contributed by atoms with Crippen LogP contribution < -0.4 is 14.4 Å². The Labute approximate surface area is 183 Å². The van der Waals surface area contributed by atoms with Gasteiger partial charge in [0.25, 0.3) is 10.0 Å². The monoisotopic (exact) mass is 454 g/mol. The van der Waals surface area contributed by atoms with Gasteiger partial charge in [0.2, 0.25) is 5.91 Å². The molecule has 1 N–H and O–H groups in total. The highest BCUT2D eigenvalue weighted by Gasteiger charge is 2.27. The summed E-state index contributed by atoms with van der Waals surface area (Å²) in [5.41, 5.74) is 0.341. The van der Waals surface area contributed by atoms with Gasteiger partial charge in [-0.1, -0.05) is 11.6 Å². The molecular formula is C21H27ClN2O5S. The highest BCUT2D eigenvalue weighted by Crippen LogP contribution is 2.26. The fourth-order valence-corrected chi connectivity index (χ4v) is 4.15. The molecular weight excluding hydrogens is 428 g/mol. The van der Waals surface area contributed by atoms with Crippen molar-refractivity contribution in [3.63, 3.8) is 0 Å². The predicted octanol–water partition coefficient (Wildman–Crippen LogP) is 3.48. The molecule has 0 saturated heterocycles. The SMILES string of the molecule is COc1ccc(S(=O)(=O)N(CC(=O)NCCCOC(C)C)c2ccc(Cl)cc2)cc1. The van der Waals surface area contributed by atoms with E-state index in [0.717, 1.165) is 4.31 Å². The average molecular weight is 455 g/mol. The number of methoxy groups -OCH3 is 1. The molecule has 0 aliphatic heterocycles. The van der Waals surface area contributed by atoms with Crippen molar-refractivity contribution in [3.8, 4) is 5.75 Å². The van der Waals surface area contributed by atoms with E-state index in [1.165, 1.54) is 19.2 Å². The quantitative estimate of drug-likeness (QED) is 0.525. The third-order valence-corrected chi connectivity index (χ3v) is 6.18. The number of benzene rings is 2. The number of carbonyl (C=O) groups is 1. The number of rotatable bonds is 11. The first kappa shape index (κ1) is 24.0. The van der Waals surface area contributed by atoms with Crippen LogP contribution in [0.1, 0.15) is 20.3 Å². The van der Waals surface area contributed by atoms with Crippen molar-refractivity contribution in [3.05, 3.63) is 53.6 Å². The largest absolute Gasteiger partial charge is 0.497 e. The lowest BCUT2D eigenvalue weighted by molar-refractivity contribution is -0.119. The van der Waals surface area contributed by atoms with E-state index < -0.39 is 15.9 Å². The number of anilines is 1. The van der Waals surface area contributed by atoms with Crippen LogP contribution in [0.25, 0.3) is 0 Å². The molecule has 0 bridgehead atoms. The summed E-state index contributed by atoms with van der Waals surface area (Å²) in [4.78, 5) is 12.5. The number of ether oxygens (including phenoxy) is 2. The number of amides is 1. The van der Waals surface area contributed by atoms with Crippen molar-refractivity contribution in [2.24, 2.45) is 0 Å². The van der Waals surface area contributed by atoms with E-state index in [2.05, 4.69) is 5.32 Å². The Morgan fingerprint density at radius 3 is 2.30 bits per heavy atom. The third kappa shape index (κ3) is 6.90. The summed E-state index contributed by atoms with van der Waals surface area (Å²) in [6.07, 6.45) is 0.756. The molecule has 0 aliphatic rings. The van der Waals surface area contributed by atoms with Crippen molar-refractivity contribution in [2.45, 2.75) is 31.3 Å². The summed E-state index contributed by atoms with van der Waals surface area (Å²) in [7, 11) is -2.48. The second-order valence-corrected chi connectivity index (χ2v) is 9.09. The minimum absolute atomic E-state index is 0.0522. The van der Waals surface area contributed by atoms with Crippen LogP contribution in [0.4, 0.5) is 5.69 Å². The molecule has 164 valence electrons. The summed E-state index contributed by atoms with van der Waals surface area (Å²) in [5.74, 6) is 0.125. The van der Waals surface area contributed by atoms with Gasteiger partial charge >= 0.3 is 0 Å². The van der Waals surface area contributed by atoms with Crippen LogP contribution in [0.2, 0.25) is 5.02 Å². The Bertz CT molecular complexity index is 915. The Kier molecular flexibility index (Phi) is 8.95. The molecule has 2 aromatic carbocycles. The number of sulfonamides is 1. The highest BCUT2D eigenvalue weighted by atomic mass is 35.5. The summed E-state index contributed by atoms with van der Waals surface area (Å²) in [6.45, 7) is 4.42. The van der Waals surface area contributed by atoms with E-state index in [-0.39, 0.29) is 17.5 Å². The molecule has 0 radical (unpaired) electrons. The number of halogens is 1. The first-order valence-corrected chi connectivity index (χ1v) is 11.4. The fourth-order valence-electron chi connectivity index (χ4n) is 2.60. The van der Waals surface area contributed by atoms with Gasteiger partial charge in [0, 0.05) is 18.2 Å². The lowest BCUT2D eigenvalue weighted by Crippen LogP contribution is -2.41. The van der Waals surface area contributed by atoms with Crippen LogP contribution in [-0.2, 0) is 19.6 Å². The van der Waals surface area contributed by atoms with Gasteiger partial charge in [-0.25, -0.2) is 8.42 Å². The van der Waals surface area contributed by atoms with E-state index in [1.807, 2.05) is 13.8 Å². The molecule has 2 aromatic rings. The van der Waals surface area contributed by atoms with Crippen molar-refractivity contribution < 1.29 is 22.7 Å². The number of nitrogens with zero attached hydrogens (tertiary/aromatic N) is 1. The number of hydrogen-bond acceptors (Lipinski definition) is 5. The molecule has 0 fully saturated rings. The van der Waals surface area contributed by atoms with Crippen LogP contribution in [0, 0.1) is 0 Å². The zero-order valence-corrected chi connectivity index (χ0v) is 18.9. The van der Waals surface area contributed by atoms with Gasteiger partial charge in [0.15, 0.2) is 0 Å². The first-order valence-electron chi connectivity index (χ1n) is 9.54. The van der Waals surface area contributed by atoms with Crippen LogP contribution in [0.15, 0.2) is 53.4 Å². The Morgan fingerprint density at radius 1 is 1.10 bits per heavy atom. The molecule has 1 amide bonds. The van der Waals surface area contributed by atoms with Crippen LogP contribution in [0.3, 0.4) is 0 Å². The summed E-state index contributed by atoms with van der Waals surface area (Å²) < 4.78 is 38.1. The van der Waals surface area contributed by atoms with E-state index in [9.17, 15) is 13.2 Å². The molecule has 0 heterocycles. The lowest BCUT2D eigenvalue weighted by Gasteiger charge is -2.24. The molecule has 0 saturated carbocycles. The average Bonchev–Trinajstić information content (AvgIpc) is 2.72. The number of carbonyl (C=O) groups excluding carboxylic acids is 1. The van der Waals surface area contributed by atoms with Crippen molar-refractivity contribution in [1.29, 1.82) is 0 Å². The Balaban J connectivity index is 2.18. The normalized spacial score (nSPS) is 11.4. The minimum atomic E-state index is -3.98. The van der Waals surface area contributed by atoms with Crippen LogP contribution in [-0.4, -0.2) is 47.2 Å². The third-order valence-electron chi connectivity index (χ3n) is 4.14. The maximum absolute atomic E-state index is 13.3. The van der Waals surface area contributed by atoms with Gasteiger partial charge in [0.1, 0.15) is 12.3 Å². The molecule has 9 heteroatoms. The minimum Gasteiger partial charge on any atom is -0.497 e. The van der Waals surface area contributed by atoms with Gasteiger partial charge in [-0.3, -0.25) is 9.10 Å². The summed E-state index contributed by atoms with van der Waals surface area (Å²) in [6, 6.07) is 12.3. The van der Waals surface area contributed by atoms with Gasteiger partial charge in [-0.15, -0.1) is 0 Å². The van der Waals surface area contributed by atoms with Gasteiger partial charge in [0.05, 0.1) is 23.8 Å². The fraction of sp³-hybridized carbons (Fsp3) is 0.381. The second kappa shape index (κ2) is 11.2. The van der Waals surface area contributed by atoms with Gasteiger partial charge < -0.3 is 14.8 Å². The number of nitrogens with one attached hydrogen (secondary N) is 1. The Hall–Kier alpha value is -2.29. The molecule has 0 aliphatic carbocycles. The number of hydrogen-bond donors (Lipinski definition) is 1. The maximum atomic E-state index is 13.3. The molecule has 0 aromatic heterocycles. The van der Waals surface area contributed by atoms with Crippen LogP contribution >= 0.6 is 11.6 Å².